The Morgan fingerprint density at radius 2 is 2.09 bits per heavy atom. The van der Waals surface area contributed by atoms with Crippen LogP contribution in [-0.2, 0) is 9.53 Å². The van der Waals surface area contributed by atoms with Gasteiger partial charge in [0.1, 0.15) is 11.3 Å². The Bertz CT molecular complexity index is 719. The Balaban J connectivity index is 2.09. The van der Waals surface area contributed by atoms with Gasteiger partial charge >= 0.3 is 5.97 Å². The Morgan fingerprint density at radius 3 is 2.74 bits per heavy atom. The molecule has 0 fully saturated rings. The quantitative estimate of drug-likeness (QED) is 0.828. The molecule has 124 valence electrons. The van der Waals surface area contributed by atoms with Gasteiger partial charge in [0.15, 0.2) is 6.61 Å². The van der Waals surface area contributed by atoms with E-state index in [-0.39, 0.29) is 24.3 Å². The van der Waals surface area contributed by atoms with Crippen molar-refractivity contribution in [2.45, 2.75) is 33.2 Å². The molecular weight excluding hydrogens is 298 g/mol. The number of methoxy groups -OCH3 is 1. The van der Waals surface area contributed by atoms with Crippen molar-refractivity contribution < 1.29 is 23.5 Å². The topological polar surface area (TPSA) is 77.8 Å². The van der Waals surface area contributed by atoms with Gasteiger partial charge in [-0.3, -0.25) is 4.79 Å². The second-order valence-electron chi connectivity index (χ2n) is 5.37. The third-order valence-electron chi connectivity index (χ3n) is 3.68. The van der Waals surface area contributed by atoms with Crippen LogP contribution < -0.4 is 10.1 Å². The van der Waals surface area contributed by atoms with Crippen LogP contribution in [0.2, 0.25) is 0 Å². The maximum absolute atomic E-state index is 12.1. The summed E-state index contributed by atoms with van der Waals surface area (Å²) >= 11 is 0. The molecule has 1 aromatic carbocycles. The summed E-state index contributed by atoms with van der Waals surface area (Å²) < 4.78 is 15.7. The lowest BCUT2D eigenvalue weighted by Crippen LogP contribution is -2.35. The number of fused-ring (bicyclic) bond motifs is 1. The Morgan fingerprint density at radius 1 is 1.35 bits per heavy atom. The van der Waals surface area contributed by atoms with Crippen LogP contribution in [0, 0.1) is 6.92 Å². The van der Waals surface area contributed by atoms with Gasteiger partial charge in [0.2, 0.25) is 5.76 Å². The molecule has 0 aliphatic rings. The molecule has 1 N–H and O–H groups in total. The molecule has 6 nitrogen and oxygen atoms in total. The summed E-state index contributed by atoms with van der Waals surface area (Å²) in [6.07, 6.45) is 0.810. The molecule has 1 aromatic heterocycles. The number of amides is 1. The van der Waals surface area contributed by atoms with Gasteiger partial charge in [0.05, 0.1) is 7.11 Å². The summed E-state index contributed by atoms with van der Waals surface area (Å²) in [5.74, 6) is -0.209. The lowest BCUT2D eigenvalue weighted by molar-refractivity contribution is -0.124. The minimum atomic E-state index is -0.656. The first-order valence-corrected chi connectivity index (χ1v) is 7.49. The average Bonchev–Trinajstić information content (AvgIpc) is 2.88. The third kappa shape index (κ3) is 3.83. The summed E-state index contributed by atoms with van der Waals surface area (Å²) in [4.78, 5) is 23.8. The van der Waals surface area contributed by atoms with E-state index in [2.05, 4.69) is 5.32 Å². The second-order valence-corrected chi connectivity index (χ2v) is 5.37. The van der Waals surface area contributed by atoms with E-state index < -0.39 is 5.97 Å². The first kappa shape index (κ1) is 16.9. The number of carbonyl (C=O) groups is 2. The summed E-state index contributed by atoms with van der Waals surface area (Å²) in [5, 5.41) is 3.51. The summed E-state index contributed by atoms with van der Waals surface area (Å²) in [7, 11) is 1.57. The van der Waals surface area contributed by atoms with Gasteiger partial charge in [-0.1, -0.05) is 6.92 Å². The second kappa shape index (κ2) is 7.17. The predicted octanol–water partition coefficient (Wildman–Crippen LogP) is 2.82. The molecule has 1 atom stereocenters. The maximum atomic E-state index is 12.1. The fourth-order valence-electron chi connectivity index (χ4n) is 2.14. The molecule has 1 amide bonds. The highest BCUT2D eigenvalue weighted by Gasteiger charge is 2.20. The highest BCUT2D eigenvalue weighted by Crippen LogP contribution is 2.29. The monoisotopic (exact) mass is 319 g/mol. The van der Waals surface area contributed by atoms with Crippen LogP contribution in [0.25, 0.3) is 11.0 Å². The zero-order chi connectivity index (χ0) is 17.0. The lowest BCUT2D eigenvalue weighted by atomic mass is 10.1. The minimum Gasteiger partial charge on any atom is -0.497 e. The fraction of sp³-hybridized carbons (Fsp3) is 0.412. The van der Waals surface area contributed by atoms with Gasteiger partial charge in [-0.05, 0) is 38.5 Å². The molecule has 6 heteroatoms. The number of esters is 1. The zero-order valence-corrected chi connectivity index (χ0v) is 13.8. The van der Waals surface area contributed by atoms with E-state index in [1.807, 2.05) is 13.8 Å². The Kier molecular flexibility index (Phi) is 5.26. The number of rotatable bonds is 6. The lowest BCUT2D eigenvalue weighted by Gasteiger charge is -2.11. The highest BCUT2D eigenvalue weighted by molar-refractivity contribution is 5.97. The fourth-order valence-corrected chi connectivity index (χ4v) is 2.14. The molecule has 2 rings (SSSR count). The van der Waals surface area contributed by atoms with E-state index in [1.165, 1.54) is 0 Å². The molecule has 0 aliphatic carbocycles. The van der Waals surface area contributed by atoms with Crippen LogP contribution in [0.3, 0.4) is 0 Å². The average molecular weight is 319 g/mol. The number of furan rings is 1. The standard InChI is InChI=1S/C17H21NO5/c1-5-10(2)18-15(19)9-22-17(20)16-11(3)13-8-12(21-4)6-7-14(13)23-16/h6-8,10H,5,9H2,1-4H3,(H,18,19)/t10-/m0/s1. The first-order valence-electron chi connectivity index (χ1n) is 7.49. The van der Waals surface area contributed by atoms with E-state index in [1.54, 1.807) is 32.2 Å². The summed E-state index contributed by atoms with van der Waals surface area (Å²) in [5.41, 5.74) is 1.23. The Labute approximate surface area is 134 Å². The van der Waals surface area contributed by atoms with Crippen molar-refractivity contribution >= 4 is 22.8 Å². The van der Waals surface area contributed by atoms with Crippen molar-refractivity contribution in [2.24, 2.45) is 0 Å². The molecule has 0 saturated carbocycles. The van der Waals surface area contributed by atoms with Gasteiger partial charge in [-0.15, -0.1) is 0 Å². The van der Waals surface area contributed by atoms with Crippen molar-refractivity contribution in [1.82, 2.24) is 5.32 Å². The molecule has 0 aliphatic heterocycles. The van der Waals surface area contributed by atoms with E-state index >= 15 is 0 Å². The summed E-state index contributed by atoms with van der Waals surface area (Å²) in [6, 6.07) is 5.32. The van der Waals surface area contributed by atoms with Crippen LogP contribution in [-0.4, -0.2) is 31.6 Å². The number of hydrogen-bond acceptors (Lipinski definition) is 5. The minimum absolute atomic E-state index is 0.0432. The zero-order valence-electron chi connectivity index (χ0n) is 13.8. The maximum Gasteiger partial charge on any atom is 0.375 e. The van der Waals surface area contributed by atoms with E-state index in [4.69, 9.17) is 13.9 Å². The number of hydrogen-bond donors (Lipinski definition) is 1. The van der Waals surface area contributed by atoms with Crippen LogP contribution in [0.4, 0.5) is 0 Å². The molecule has 0 saturated heterocycles. The molecule has 23 heavy (non-hydrogen) atoms. The molecule has 2 aromatic rings. The van der Waals surface area contributed by atoms with E-state index in [9.17, 15) is 9.59 Å². The van der Waals surface area contributed by atoms with Crippen molar-refractivity contribution in [1.29, 1.82) is 0 Å². The molecule has 0 bridgehead atoms. The van der Waals surface area contributed by atoms with Gasteiger partial charge in [0.25, 0.3) is 5.91 Å². The molecular formula is C17H21NO5. The summed E-state index contributed by atoms with van der Waals surface area (Å²) in [6.45, 7) is 5.28. The SMILES string of the molecule is CC[C@H](C)NC(=O)COC(=O)c1oc2ccc(OC)cc2c1C. The highest BCUT2D eigenvalue weighted by atomic mass is 16.5. The van der Waals surface area contributed by atoms with Gasteiger partial charge in [0, 0.05) is 17.0 Å². The van der Waals surface area contributed by atoms with Gasteiger partial charge in [-0.25, -0.2) is 4.79 Å². The Hall–Kier alpha value is -2.50. The van der Waals surface area contributed by atoms with Gasteiger partial charge in [-0.2, -0.15) is 0 Å². The molecule has 0 spiro atoms. The predicted molar refractivity (Wildman–Crippen MR) is 85.7 cm³/mol. The largest absolute Gasteiger partial charge is 0.497 e. The number of aryl methyl sites for hydroxylation is 1. The molecule has 0 unspecified atom stereocenters. The normalized spacial score (nSPS) is 12.0. The smallest absolute Gasteiger partial charge is 0.375 e. The number of ether oxygens (including phenoxy) is 2. The van der Waals surface area contributed by atoms with Crippen LogP contribution in [0.15, 0.2) is 22.6 Å². The molecule has 0 radical (unpaired) electrons. The number of benzene rings is 1. The van der Waals surface area contributed by atoms with Gasteiger partial charge < -0.3 is 19.2 Å². The van der Waals surface area contributed by atoms with E-state index in [0.29, 0.717) is 16.9 Å². The molecule has 1 heterocycles. The van der Waals surface area contributed by atoms with Crippen LogP contribution >= 0.6 is 0 Å². The van der Waals surface area contributed by atoms with Crippen LogP contribution in [0.1, 0.15) is 36.4 Å². The van der Waals surface area contributed by atoms with Crippen molar-refractivity contribution in [3.05, 3.63) is 29.5 Å². The number of carbonyl (C=O) groups excluding carboxylic acids is 2. The van der Waals surface area contributed by atoms with Crippen molar-refractivity contribution in [3.8, 4) is 5.75 Å². The number of nitrogens with one attached hydrogen (secondary N) is 1. The first-order chi connectivity index (χ1) is 11.0. The van der Waals surface area contributed by atoms with Crippen molar-refractivity contribution in [3.63, 3.8) is 0 Å². The third-order valence-corrected chi connectivity index (χ3v) is 3.68. The van der Waals surface area contributed by atoms with Crippen LogP contribution in [0.5, 0.6) is 5.75 Å². The van der Waals surface area contributed by atoms with Crippen molar-refractivity contribution in [2.75, 3.05) is 13.7 Å². The van der Waals surface area contributed by atoms with E-state index in [0.717, 1.165) is 11.8 Å².